The van der Waals surface area contributed by atoms with Gasteiger partial charge in [0.1, 0.15) is 41.4 Å². The summed E-state index contributed by atoms with van der Waals surface area (Å²) in [6.45, 7) is 0.0934. The molecule has 0 aromatic heterocycles. The maximum absolute atomic E-state index is 11.8. The van der Waals surface area contributed by atoms with Crippen LogP contribution in [0.2, 0.25) is 0 Å². The van der Waals surface area contributed by atoms with Crippen LogP contribution in [-0.4, -0.2) is 75.3 Å². The van der Waals surface area contributed by atoms with Gasteiger partial charge < -0.3 is 25.2 Å². The molecule has 2 amide bonds. The molecule has 0 aliphatic carbocycles. The molecule has 0 radical (unpaired) electrons. The first-order valence-corrected chi connectivity index (χ1v) is 7.72. The zero-order valence-electron chi connectivity index (χ0n) is 12.4. The zero-order chi connectivity index (χ0) is 17.6. The van der Waals surface area contributed by atoms with Crippen LogP contribution >= 0.6 is 11.8 Å². The van der Waals surface area contributed by atoms with E-state index < -0.39 is 43.3 Å². The molecule has 0 spiro atoms. The van der Waals surface area contributed by atoms with Crippen molar-refractivity contribution in [1.29, 1.82) is 0 Å². The van der Waals surface area contributed by atoms with Gasteiger partial charge in [0.2, 0.25) is 5.91 Å². The van der Waals surface area contributed by atoms with E-state index in [1.165, 1.54) is 6.92 Å². The number of hydrogen-bond donors (Lipinski definition) is 5. The summed E-state index contributed by atoms with van der Waals surface area (Å²) in [5.74, 6) is -1.48. The van der Waals surface area contributed by atoms with Gasteiger partial charge in [-0.05, 0) is 6.92 Å². The van der Waals surface area contributed by atoms with Crippen LogP contribution in [0.25, 0.3) is 0 Å². The predicted octanol–water partition coefficient (Wildman–Crippen LogP) is -2.34. The molecule has 130 valence electrons. The third-order valence-electron chi connectivity index (χ3n) is 2.86. The van der Waals surface area contributed by atoms with Gasteiger partial charge in [-0.15, -0.1) is 11.8 Å². The van der Waals surface area contributed by atoms with E-state index in [9.17, 15) is 29.7 Å². The number of amides is 2. The summed E-state index contributed by atoms with van der Waals surface area (Å²) >= 11 is 0.902. The van der Waals surface area contributed by atoms with E-state index in [1.54, 1.807) is 0 Å². The molecule has 0 unspecified atom stereocenters. The minimum atomic E-state index is -1.65. The second-order valence-corrected chi connectivity index (χ2v) is 5.90. The number of Topliss-reactive ketones (excluding diaryl/α,β-unsaturated/α-hetero) is 1. The van der Waals surface area contributed by atoms with Crippen LogP contribution in [-0.2, 0) is 19.1 Å². The van der Waals surface area contributed by atoms with Crippen LogP contribution in [0.5, 0.6) is 0 Å². The van der Waals surface area contributed by atoms with Crippen molar-refractivity contribution in [1.82, 2.24) is 5.32 Å². The summed E-state index contributed by atoms with van der Waals surface area (Å²) < 4.78 is 5.21. The molecule has 10 heteroatoms. The first-order valence-electron chi connectivity index (χ1n) is 6.73. The summed E-state index contributed by atoms with van der Waals surface area (Å²) in [5.41, 5.74) is 0. The fourth-order valence-electron chi connectivity index (χ4n) is 1.67. The lowest BCUT2D eigenvalue weighted by atomic mass is 10.1. The fraction of sp³-hybridized carbons (Fsp3) is 0.615. The lowest BCUT2D eigenvalue weighted by Gasteiger charge is -2.24. The number of ether oxygens (including phenoxy) is 1. The highest BCUT2D eigenvalue weighted by Crippen LogP contribution is 2.26. The molecule has 1 aliphatic heterocycles. The van der Waals surface area contributed by atoms with E-state index >= 15 is 0 Å². The molecule has 3 atom stereocenters. The molecule has 0 saturated heterocycles. The van der Waals surface area contributed by atoms with Gasteiger partial charge in [0.25, 0.3) is 5.91 Å². The Kier molecular flexibility index (Phi) is 7.65. The normalized spacial score (nSPS) is 19.2. The van der Waals surface area contributed by atoms with Gasteiger partial charge in [0.15, 0.2) is 0 Å². The van der Waals surface area contributed by atoms with Gasteiger partial charge >= 0.3 is 0 Å². The number of aliphatic hydroxyl groups excluding tert-OH is 4. The predicted molar refractivity (Wildman–Crippen MR) is 79.0 cm³/mol. The largest absolute Gasteiger partial charge is 0.493 e. The highest BCUT2D eigenvalue weighted by atomic mass is 32.2. The molecule has 5 N–H and O–H groups in total. The number of carbonyl (C=O) groups is 3. The third kappa shape index (κ3) is 5.92. The van der Waals surface area contributed by atoms with Gasteiger partial charge in [-0.3, -0.25) is 19.7 Å². The van der Waals surface area contributed by atoms with Crippen molar-refractivity contribution in [3.63, 3.8) is 0 Å². The fourth-order valence-corrected chi connectivity index (χ4v) is 2.49. The molecule has 9 nitrogen and oxygen atoms in total. The summed E-state index contributed by atoms with van der Waals surface area (Å²) in [6.07, 6.45) is -4.99. The Bertz CT molecular complexity index is 506. The minimum absolute atomic E-state index is 0.0121. The molecular weight excluding hydrogens is 330 g/mol. The Morgan fingerprint density at radius 2 is 1.96 bits per heavy atom. The van der Waals surface area contributed by atoms with E-state index in [0.717, 1.165) is 11.8 Å². The number of ketones is 1. The van der Waals surface area contributed by atoms with E-state index in [1.807, 2.05) is 0 Å². The number of carbonyl (C=O) groups excluding carboxylic acids is 3. The van der Waals surface area contributed by atoms with Crippen LogP contribution in [0.15, 0.2) is 10.7 Å². The van der Waals surface area contributed by atoms with E-state index in [4.69, 9.17) is 9.84 Å². The Labute approximate surface area is 136 Å². The van der Waals surface area contributed by atoms with E-state index in [0.29, 0.717) is 0 Å². The van der Waals surface area contributed by atoms with Crippen LogP contribution in [0.3, 0.4) is 0 Å². The zero-order valence-corrected chi connectivity index (χ0v) is 13.2. The Morgan fingerprint density at radius 1 is 1.30 bits per heavy atom. The highest BCUT2D eigenvalue weighted by Gasteiger charge is 2.30. The van der Waals surface area contributed by atoms with Crippen LogP contribution in [0.1, 0.15) is 13.3 Å². The van der Waals surface area contributed by atoms with Crippen LogP contribution in [0, 0.1) is 0 Å². The van der Waals surface area contributed by atoms with Crippen LogP contribution in [0.4, 0.5) is 0 Å². The molecule has 23 heavy (non-hydrogen) atoms. The van der Waals surface area contributed by atoms with Crippen molar-refractivity contribution in [2.24, 2.45) is 0 Å². The summed E-state index contributed by atoms with van der Waals surface area (Å²) in [5, 5.41) is 39.2. The maximum atomic E-state index is 11.8. The SMILES string of the molecule is CC(=O)CSC1=C(OC[C@H](O)[C@H](O)[C@H](O)CO)CC(=O)NC1=O. The second kappa shape index (κ2) is 8.99. The summed E-state index contributed by atoms with van der Waals surface area (Å²) in [4.78, 5) is 34.2. The molecule has 1 aliphatic rings. The Morgan fingerprint density at radius 3 is 2.52 bits per heavy atom. The van der Waals surface area contributed by atoms with Gasteiger partial charge in [0, 0.05) is 0 Å². The molecule has 0 bridgehead atoms. The summed E-state index contributed by atoms with van der Waals surface area (Å²) in [7, 11) is 0. The monoisotopic (exact) mass is 349 g/mol. The molecular formula is C13H19NO8S. The number of aliphatic hydroxyl groups is 4. The lowest BCUT2D eigenvalue weighted by Crippen LogP contribution is -2.42. The number of imide groups is 1. The van der Waals surface area contributed by atoms with Crippen molar-refractivity contribution in [2.45, 2.75) is 31.7 Å². The average molecular weight is 349 g/mol. The third-order valence-corrected chi connectivity index (χ3v) is 4.11. The quantitative estimate of drug-likeness (QED) is 0.288. The van der Waals surface area contributed by atoms with Crippen molar-refractivity contribution in [3.8, 4) is 0 Å². The Hall–Kier alpha value is -1.46. The average Bonchev–Trinajstić information content (AvgIpc) is 2.49. The maximum Gasteiger partial charge on any atom is 0.267 e. The first kappa shape index (κ1) is 19.6. The number of hydrogen-bond acceptors (Lipinski definition) is 9. The number of rotatable bonds is 9. The van der Waals surface area contributed by atoms with E-state index in [2.05, 4.69) is 5.32 Å². The van der Waals surface area contributed by atoms with E-state index in [-0.39, 0.29) is 28.6 Å². The van der Waals surface area contributed by atoms with Crippen molar-refractivity contribution in [2.75, 3.05) is 19.0 Å². The Balaban J connectivity index is 2.78. The molecule has 1 rings (SSSR count). The molecule has 0 aromatic carbocycles. The first-order chi connectivity index (χ1) is 10.8. The van der Waals surface area contributed by atoms with Gasteiger partial charge in [-0.2, -0.15) is 0 Å². The van der Waals surface area contributed by atoms with Gasteiger partial charge in [-0.25, -0.2) is 0 Å². The summed E-state index contributed by atoms with van der Waals surface area (Å²) in [6, 6.07) is 0. The smallest absolute Gasteiger partial charge is 0.267 e. The van der Waals surface area contributed by atoms with Gasteiger partial charge in [-0.1, -0.05) is 0 Å². The van der Waals surface area contributed by atoms with Crippen molar-refractivity contribution in [3.05, 3.63) is 10.7 Å². The topological polar surface area (TPSA) is 153 Å². The molecule has 0 saturated carbocycles. The minimum Gasteiger partial charge on any atom is -0.493 e. The number of nitrogens with one attached hydrogen (secondary N) is 1. The molecule has 0 fully saturated rings. The second-order valence-electron chi connectivity index (χ2n) is 4.92. The standard InChI is InChI=1S/C13H19NO8S/c1-6(16)5-23-12-9(2-10(19)14-13(12)21)22-4-8(18)11(20)7(17)3-15/h7-8,11,15,17-18,20H,2-5H2,1H3,(H,14,19,21)/t7-,8+,11-/m1/s1. The van der Waals surface area contributed by atoms with Crippen molar-refractivity contribution >= 4 is 29.4 Å². The molecule has 1 heterocycles. The van der Waals surface area contributed by atoms with Crippen molar-refractivity contribution < 1.29 is 39.5 Å². The highest BCUT2D eigenvalue weighted by molar-refractivity contribution is 8.04. The van der Waals surface area contributed by atoms with Gasteiger partial charge in [0.05, 0.1) is 18.8 Å². The number of thioether (sulfide) groups is 1. The lowest BCUT2D eigenvalue weighted by molar-refractivity contribution is -0.130. The molecule has 0 aromatic rings. The van der Waals surface area contributed by atoms with Crippen LogP contribution < -0.4 is 5.32 Å².